The van der Waals surface area contributed by atoms with E-state index in [1.807, 2.05) is 24.3 Å². The minimum absolute atomic E-state index is 0.254. The van der Waals surface area contributed by atoms with E-state index in [4.69, 9.17) is 4.74 Å². The second-order valence-electron chi connectivity index (χ2n) is 3.74. The van der Waals surface area contributed by atoms with E-state index >= 15 is 0 Å². The number of halogens is 2. The van der Waals surface area contributed by atoms with E-state index in [1.54, 1.807) is 12.1 Å². The van der Waals surface area contributed by atoms with Crippen LogP contribution in [0.1, 0.15) is 0 Å². The first-order valence-electron chi connectivity index (χ1n) is 5.62. The number of rotatable bonds is 5. The molecular formula is C14H13BrFNO. The zero-order chi connectivity index (χ0) is 12.8. The van der Waals surface area contributed by atoms with Gasteiger partial charge in [-0.3, -0.25) is 0 Å². The van der Waals surface area contributed by atoms with Crippen molar-refractivity contribution < 1.29 is 9.13 Å². The summed E-state index contributed by atoms with van der Waals surface area (Å²) >= 11 is 3.38. The maximum absolute atomic E-state index is 12.7. The first-order valence-corrected chi connectivity index (χ1v) is 6.41. The smallest absolute Gasteiger partial charge is 0.123 e. The lowest BCUT2D eigenvalue weighted by Crippen LogP contribution is -2.11. The van der Waals surface area contributed by atoms with Crippen molar-refractivity contribution in [1.82, 2.24) is 0 Å². The SMILES string of the molecule is Fc1ccc(OCCNc2ccc(Br)cc2)cc1. The largest absolute Gasteiger partial charge is 0.492 e. The molecule has 0 heterocycles. The summed E-state index contributed by atoms with van der Waals surface area (Å²) in [5.41, 5.74) is 1.04. The summed E-state index contributed by atoms with van der Waals surface area (Å²) in [7, 11) is 0. The fraction of sp³-hybridized carbons (Fsp3) is 0.143. The Labute approximate surface area is 114 Å². The van der Waals surface area contributed by atoms with Crippen molar-refractivity contribution >= 4 is 21.6 Å². The Morgan fingerprint density at radius 2 is 1.67 bits per heavy atom. The molecule has 94 valence electrons. The van der Waals surface area contributed by atoms with Gasteiger partial charge in [-0.05, 0) is 48.5 Å². The van der Waals surface area contributed by atoms with Gasteiger partial charge in [0.1, 0.15) is 18.2 Å². The standard InChI is InChI=1S/C14H13BrFNO/c15-11-1-5-13(6-2-11)17-9-10-18-14-7-3-12(16)4-8-14/h1-8,17H,9-10H2. The summed E-state index contributed by atoms with van der Waals surface area (Å²) in [4.78, 5) is 0. The van der Waals surface area contributed by atoms with Gasteiger partial charge < -0.3 is 10.1 Å². The maximum Gasteiger partial charge on any atom is 0.123 e. The van der Waals surface area contributed by atoms with Gasteiger partial charge in [-0.15, -0.1) is 0 Å². The van der Waals surface area contributed by atoms with E-state index in [-0.39, 0.29) is 5.82 Å². The van der Waals surface area contributed by atoms with E-state index in [0.717, 1.165) is 10.2 Å². The first kappa shape index (κ1) is 12.9. The van der Waals surface area contributed by atoms with Crippen LogP contribution in [0.4, 0.5) is 10.1 Å². The van der Waals surface area contributed by atoms with Gasteiger partial charge in [0, 0.05) is 16.7 Å². The van der Waals surface area contributed by atoms with Gasteiger partial charge in [-0.25, -0.2) is 4.39 Å². The molecule has 0 fully saturated rings. The van der Waals surface area contributed by atoms with Gasteiger partial charge in [0.25, 0.3) is 0 Å². The molecule has 0 bridgehead atoms. The van der Waals surface area contributed by atoms with Gasteiger partial charge in [-0.1, -0.05) is 15.9 Å². The summed E-state index contributed by atoms with van der Waals surface area (Å²) in [5.74, 6) is 0.421. The quantitative estimate of drug-likeness (QED) is 0.840. The Kier molecular flexibility index (Phi) is 4.59. The Bertz CT molecular complexity index is 437. The minimum atomic E-state index is -0.254. The average molecular weight is 310 g/mol. The van der Waals surface area contributed by atoms with Crippen molar-refractivity contribution in [2.45, 2.75) is 0 Å². The fourth-order valence-corrected chi connectivity index (χ4v) is 1.73. The molecule has 2 aromatic carbocycles. The van der Waals surface area contributed by atoms with Crippen LogP contribution in [0.25, 0.3) is 0 Å². The number of hydrogen-bond acceptors (Lipinski definition) is 2. The molecule has 2 nitrogen and oxygen atoms in total. The summed E-state index contributed by atoms with van der Waals surface area (Å²) in [6, 6.07) is 13.9. The molecule has 0 aromatic heterocycles. The van der Waals surface area contributed by atoms with E-state index in [9.17, 15) is 4.39 Å². The minimum Gasteiger partial charge on any atom is -0.492 e. The third-order valence-corrected chi connectivity index (χ3v) is 2.89. The molecule has 0 saturated carbocycles. The second-order valence-corrected chi connectivity index (χ2v) is 4.65. The number of anilines is 1. The number of hydrogen-bond donors (Lipinski definition) is 1. The Balaban J connectivity index is 1.73. The zero-order valence-electron chi connectivity index (χ0n) is 9.70. The highest BCUT2D eigenvalue weighted by atomic mass is 79.9. The van der Waals surface area contributed by atoms with Crippen LogP contribution < -0.4 is 10.1 Å². The average Bonchev–Trinajstić information content (AvgIpc) is 2.39. The van der Waals surface area contributed by atoms with Crippen molar-refractivity contribution in [2.24, 2.45) is 0 Å². The summed E-state index contributed by atoms with van der Waals surface area (Å²) in [5, 5.41) is 3.23. The van der Waals surface area contributed by atoms with Crippen molar-refractivity contribution in [1.29, 1.82) is 0 Å². The van der Waals surface area contributed by atoms with E-state index in [2.05, 4.69) is 21.2 Å². The van der Waals surface area contributed by atoms with Crippen LogP contribution >= 0.6 is 15.9 Å². The molecule has 0 aliphatic rings. The molecule has 0 saturated heterocycles. The van der Waals surface area contributed by atoms with Crippen LogP contribution in [0.5, 0.6) is 5.75 Å². The molecule has 4 heteroatoms. The predicted octanol–water partition coefficient (Wildman–Crippen LogP) is 4.08. The number of benzene rings is 2. The lowest BCUT2D eigenvalue weighted by molar-refractivity contribution is 0.332. The molecule has 2 rings (SSSR count). The van der Waals surface area contributed by atoms with Crippen LogP contribution in [-0.4, -0.2) is 13.2 Å². The maximum atomic E-state index is 12.7. The molecule has 2 aromatic rings. The summed E-state index contributed by atoms with van der Waals surface area (Å²) in [6.45, 7) is 1.22. The molecule has 0 unspecified atom stereocenters. The third-order valence-electron chi connectivity index (χ3n) is 2.36. The molecular weight excluding hydrogens is 297 g/mol. The van der Waals surface area contributed by atoms with Crippen molar-refractivity contribution in [3.05, 3.63) is 58.8 Å². The second kappa shape index (κ2) is 6.40. The van der Waals surface area contributed by atoms with Crippen LogP contribution in [0, 0.1) is 5.82 Å². The Morgan fingerprint density at radius 1 is 1.00 bits per heavy atom. The Hall–Kier alpha value is -1.55. The van der Waals surface area contributed by atoms with Crippen molar-refractivity contribution in [2.75, 3.05) is 18.5 Å². The summed E-state index contributed by atoms with van der Waals surface area (Å²) < 4.78 is 19.2. The van der Waals surface area contributed by atoms with Crippen LogP contribution in [0.2, 0.25) is 0 Å². The lowest BCUT2D eigenvalue weighted by Gasteiger charge is -2.08. The molecule has 0 atom stereocenters. The summed E-state index contributed by atoms with van der Waals surface area (Å²) in [6.07, 6.45) is 0. The van der Waals surface area contributed by atoms with Gasteiger partial charge in [-0.2, -0.15) is 0 Å². The van der Waals surface area contributed by atoms with Crippen molar-refractivity contribution in [3.8, 4) is 5.75 Å². The highest BCUT2D eigenvalue weighted by Crippen LogP contribution is 2.14. The van der Waals surface area contributed by atoms with Crippen LogP contribution in [0.3, 0.4) is 0 Å². The van der Waals surface area contributed by atoms with Crippen LogP contribution in [-0.2, 0) is 0 Å². The third kappa shape index (κ3) is 4.04. The van der Waals surface area contributed by atoms with E-state index < -0.39 is 0 Å². The van der Waals surface area contributed by atoms with Crippen molar-refractivity contribution in [3.63, 3.8) is 0 Å². The number of ether oxygens (including phenoxy) is 1. The highest BCUT2D eigenvalue weighted by Gasteiger charge is 1.95. The first-order chi connectivity index (χ1) is 8.74. The number of nitrogens with one attached hydrogen (secondary N) is 1. The molecule has 18 heavy (non-hydrogen) atoms. The molecule has 0 radical (unpaired) electrons. The lowest BCUT2D eigenvalue weighted by atomic mass is 10.3. The Morgan fingerprint density at radius 3 is 2.33 bits per heavy atom. The van der Waals surface area contributed by atoms with Gasteiger partial charge in [0.05, 0.1) is 0 Å². The zero-order valence-corrected chi connectivity index (χ0v) is 11.3. The van der Waals surface area contributed by atoms with Crippen LogP contribution in [0.15, 0.2) is 53.0 Å². The highest BCUT2D eigenvalue weighted by molar-refractivity contribution is 9.10. The topological polar surface area (TPSA) is 21.3 Å². The normalized spacial score (nSPS) is 10.1. The predicted molar refractivity (Wildman–Crippen MR) is 74.5 cm³/mol. The van der Waals surface area contributed by atoms with Gasteiger partial charge >= 0.3 is 0 Å². The molecule has 0 aliphatic heterocycles. The molecule has 0 amide bonds. The van der Waals surface area contributed by atoms with E-state index in [0.29, 0.717) is 18.9 Å². The molecule has 1 N–H and O–H groups in total. The van der Waals surface area contributed by atoms with Gasteiger partial charge in [0.2, 0.25) is 0 Å². The monoisotopic (exact) mass is 309 g/mol. The molecule has 0 aliphatic carbocycles. The fourth-order valence-electron chi connectivity index (χ4n) is 1.46. The van der Waals surface area contributed by atoms with E-state index in [1.165, 1.54) is 12.1 Å². The van der Waals surface area contributed by atoms with Gasteiger partial charge in [0.15, 0.2) is 0 Å². The molecule has 0 spiro atoms.